The Bertz CT molecular complexity index is 726. The molecule has 1 amide bonds. The molecule has 0 aliphatic rings. The second-order valence-corrected chi connectivity index (χ2v) is 6.51. The summed E-state index contributed by atoms with van der Waals surface area (Å²) in [7, 11) is 0. The van der Waals surface area contributed by atoms with Gasteiger partial charge in [-0.2, -0.15) is 0 Å². The molecule has 2 rings (SSSR count). The van der Waals surface area contributed by atoms with Gasteiger partial charge in [0.05, 0.1) is 0 Å². The van der Waals surface area contributed by atoms with Gasteiger partial charge < -0.3 is 14.8 Å². The summed E-state index contributed by atoms with van der Waals surface area (Å²) in [6.45, 7) is 3.95. The van der Waals surface area contributed by atoms with Crippen molar-refractivity contribution in [2.24, 2.45) is 0 Å². The SMILES string of the molecule is CC(C)c1ccc(OCC(=O)OCC(=O)NCc2ccc(Cl)cc2)cc1. The third-order valence-electron chi connectivity index (χ3n) is 3.67. The molecule has 5 nitrogen and oxygen atoms in total. The maximum absolute atomic E-state index is 11.7. The number of hydrogen-bond acceptors (Lipinski definition) is 4. The van der Waals surface area contributed by atoms with Gasteiger partial charge in [-0.3, -0.25) is 4.79 Å². The first-order valence-electron chi connectivity index (χ1n) is 8.33. The Balaban J connectivity index is 1.66. The van der Waals surface area contributed by atoms with E-state index < -0.39 is 5.97 Å². The maximum Gasteiger partial charge on any atom is 0.344 e. The maximum atomic E-state index is 11.7. The molecule has 0 heterocycles. The van der Waals surface area contributed by atoms with Crippen LogP contribution in [0.25, 0.3) is 0 Å². The van der Waals surface area contributed by atoms with Gasteiger partial charge in [-0.1, -0.05) is 49.7 Å². The van der Waals surface area contributed by atoms with Crippen molar-refractivity contribution in [2.75, 3.05) is 13.2 Å². The highest BCUT2D eigenvalue weighted by molar-refractivity contribution is 6.30. The lowest BCUT2D eigenvalue weighted by Crippen LogP contribution is -2.29. The van der Waals surface area contributed by atoms with Crippen LogP contribution in [-0.2, 0) is 20.9 Å². The zero-order valence-corrected chi connectivity index (χ0v) is 15.6. The molecule has 0 unspecified atom stereocenters. The molecular weight excluding hydrogens is 354 g/mol. The molecule has 138 valence electrons. The largest absolute Gasteiger partial charge is 0.482 e. The molecule has 0 radical (unpaired) electrons. The molecular formula is C20H22ClNO4. The van der Waals surface area contributed by atoms with E-state index in [-0.39, 0.29) is 19.1 Å². The minimum Gasteiger partial charge on any atom is -0.482 e. The number of benzene rings is 2. The van der Waals surface area contributed by atoms with E-state index in [9.17, 15) is 9.59 Å². The summed E-state index contributed by atoms with van der Waals surface area (Å²) in [4.78, 5) is 23.4. The molecule has 6 heteroatoms. The first-order chi connectivity index (χ1) is 12.4. The van der Waals surface area contributed by atoms with E-state index in [0.717, 1.165) is 5.56 Å². The van der Waals surface area contributed by atoms with Crippen molar-refractivity contribution in [3.8, 4) is 5.75 Å². The molecule has 0 saturated heterocycles. The number of carbonyl (C=O) groups is 2. The Morgan fingerprint density at radius 1 is 1.00 bits per heavy atom. The fourth-order valence-corrected chi connectivity index (χ4v) is 2.26. The number of esters is 1. The minimum atomic E-state index is -0.598. The number of ether oxygens (including phenoxy) is 2. The summed E-state index contributed by atoms with van der Waals surface area (Å²) in [5.41, 5.74) is 2.10. The summed E-state index contributed by atoms with van der Waals surface area (Å²) >= 11 is 5.80. The van der Waals surface area contributed by atoms with Crippen LogP contribution >= 0.6 is 11.6 Å². The topological polar surface area (TPSA) is 64.6 Å². The average Bonchev–Trinajstić information content (AvgIpc) is 2.64. The van der Waals surface area contributed by atoms with Crippen molar-refractivity contribution in [1.82, 2.24) is 5.32 Å². The Hall–Kier alpha value is -2.53. The third kappa shape index (κ3) is 6.76. The normalized spacial score (nSPS) is 10.5. The van der Waals surface area contributed by atoms with Crippen molar-refractivity contribution in [2.45, 2.75) is 26.3 Å². The van der Waals surface area contributed by atoms with Crippen LogP contribution in [0.4, 0.5) is 0 Å². The van der Waals surface area contributed by atoms with Crippen LogP contribution in [0.1, 0.15) is 30.9 Å². The first kappa shape index (κ1) is 19.8. The van der Waals surface area contributed by atoms with E-state index in [2.05, 4.69) is 19.2 Å². The van der Waals surface area contributed by atoms with Gasteiger partial charge in [0.2, 0.25) is 0 Å². The molecule has 0 aromatic heterocycles. The van der Waals surface area contributed by atoms with Crippen molar-refractivity contribution in [1.29, 1.82) is 0 Å². The predicted molar refractivity (Wildman–Crippen MR) is 100 cm³/mol. The second-order valence-electron chi connectivity index (χ2n) is 6.08. The van der Waals surface area contributed by atoms with E-state index in [4.69, 9.17) is 21.1 Å². The molecule has 2 aromatic carbocycles. The van der Waals surface area contributed by atoms with Gasteiger partial charge in [0.25, 0.3) is 5.91 Å². The quantitative estimate of drug-likeness (QED) is 0.714. The molecule has 2 aromatic rings. The Kier molecular flexibility index (Phi) is 7.48. The lowest BCUT2D eigenvalue weighted by atomic mass is 10.0. The van der Waals surface area contributed by atoms with Crippen molar-refractivity contribution >= 4 is 23.5 Å². The zero-order chi connectivity index (χ0) is 18.9. The number of halogens is 1. The fraction of sp³-hybridized carbons (Fsp3) is 0.300. The van der Waals surface area contributed by atoms with E-state index in [1.807, 2.05) is 24.3 Å². The second kappa shape index (κ2) is 9.82. The molecule has 0 aliphatic heterocycles. The lowest BCUT2D eigenvalue weighted by Gasteiger charge is -2.09. The van der Waals surface area contributed by atoms with E-state index in [1.54, 1.807) is 24.3 Å². The molecule has 0 atom stereocenters. The van der Waals surface area contributed by atoms with Crippen LogP contribution in [0, 0.1) is 0 Å². The summed E-state index contributed by atoms with van der Waals surface area (Å²) in [6, 6.07) is 14.6. The Morgan fingerprint density at radius 3 is 2.27 bits per heavy atom. The summed E-state index contributed by atoms with van der Waals surface area (Å²) in [5.74, 6) is 0.0353. The number of rotatable bonds is 8. The van der Waals surface area contributed by atoms with Crippen molar-refractivity contribution < 1.29 is 19.1 Å². The molecule has 1 N–H and O–H groups in total. The Morgan fingerprint density at radius 2 is 1.65 bits per heavy atom. The summed E-state index contributed by atoms with van der Waals surface area (Å²) in [6.07, 6.45) is 0. The van der Waals surface area contributed by atoms with Crippen LogP contribution in [0.5, 0.6) is 5.75 Å². The van der Waals surface area contributed by atoms with Crippen LogP contribution in [-0.4, -0.2) is 25.1 Å². The number of hydrogen-bond donors (Lipinski definition) is 1. The van der Waals surface area contributed by atoms with E-state index in [1.165, 1.54) is 5.56 Å². The van der Waals surface area contributed by atoms with Gasteiger partial charge in [-0.05, 0) is 41.3 Å². The van der Waals surface area contributed by atoms with Gasteiger partial charge >= 0.3 is 5.97 Å². The van der Waals surface area contributed by atoms with Crippen LogP contribution in [0.3, 0.4) is 0 Å². The number of nitrogens with one attached hydrogen (secondary N) is 1. The molecule has 0 saturated carbocycles. The molecule has 0 bridgehead atoms. The monoisotopic (exact) mass is 375 g/mol. The smallest absolute Gasteiger partial charge is 0.344 e. The fourth-order valence-electron chi connectivity index (χ4n) is 2.13. The average molecular weight is 376 g/mol. The summed E-state index contributed by atoms with van der Waals surface area (Å²) in [5, 5.41) is 3.30. The lowest BCUT2D eigenvalue weighted by molar-refractivity contribution is -0.150. The Labute approximate surface area is 158 Å². The van der Waals surface area contributed by atoms with Gasteiger partial charge in [0, 0.05) is 11.6 Å². The van der Waals surface area contributed by atoms with Gasteiger partial charge in [0.1, 0.15) is 5.75 Å². The molecule has 0 spiro atoms. The van der Waals surface area contributed by atoms with E-state index in [0.29, 0.717) is 23.2 Å². The third-order valence-corrected chi connectivity index (χ3v) is 3.92. The molecule has 0 fully saturated rings. The standard InChI is InChI=1S/C20H22ClNO4/c1-14(2)16-5-9-18(10-6-16)25-13-20(24)26-12-19(23)22-11-15-3-7-17(21)8-4-15/h3-10,14H,11-13H2,1-2H3,(H,22,23). The van der Waals surface area contributed by atoms with Crippen LogP contribution in [0.2, 0.25) is 5.02 Å². The highest BCUT2D eigenvalue weighted by Gasteiger charge is 2.09. The highest BCUT2D eigenvalue weighted by Crippen LogP contribution is 2.18. The first-order valence-corrected chi connectivity index (χ1v) is 8.71. The minimum absolute atomic E-state index is 0.245. The van der Waals surface area contributed by atoms with Crippen molar-refractivity contribution in [3.63, 3.8) is 0 Å². The van der Waals surface area contributed by atoms with Crippen molar-refractivity contribution in [3.05, 3.63) is 64.7 Å². The summed E-state index contributed by atoms with van der Waals surface area (Å²) < 4.78 is 10.3. The van der Waals surface area contributed by atoms with Gasteiger partial charge in [-0.25, -0.2) is 4.79 Å². The van der Waals surface area contributed by atoms with Gasteiger partial charge in [0.15, 0.2) is 13.2 Å². The van der Waals surface area contributed by atoms with Gasteiger partial charge in [-0.15, -0.1) is 0 Å². The van der Waals surface area contributed by atoms with E-state index >= 15 is 0 Å². The molecule has 0 aliphatic carbocycles. The zero-order valence-electron chi connectivity index (χ0n) is 14.8. The van der Waals surface area contributed by atoms with Crippen LogP contribution in [0.15, 0.2) is 48.5 Å². The van der Waals surface area contributed by atoms with Crippen LogP contribution < -0.4 is 10.1 Å². The number of carbonyl (C=O) groups excluding carboxylic acids is 2. The molecule has 26 heavy (non-hydrogen) atoms. The highest BCUT2D eigenvalue weighted by atomic mass is 35.5. The predicted octanol–water partition coefficient (Wildman–Crippen LogP) is 3.70. The number of amides is 1.